The van der Waals surface area contributed by atoms with E-state index >= 15 is 0 Å². The summed E-state index contributed by atoms with van der Waals surface area (Å²) in [7, 11) is 1.87. The Morgan fingerprint density at radius 1 is 1.18 bits per heavy atom. The van der Waals surface area contributed by atoms with Crippen molar-refractivity contribution in [2.75, 3.05) is 17.7 Å². The van der Waals surface area contributed by atoms with Gasteiger partial charge in [-0.1, -0.05) is 30.3 Å². The summed E-state index contributed by atoms with van der Waals surface area (Å²) in [6, 6.07) is 13.9. The van der Waals surface area contributed by atoms with Gasteiger partial charge in [0.1, 0.15) is 23.8 Å². The van der Waals surface area contributed by atoms with Gasteiger partial charge in [0.15, 0.2) is 11.5 Å². The van der Waals surface area contributed by atoms with Crippen molar-refractivity contribution in [1.29, 1.82) is 5.26 Å². The smallest absolute Gasteiger partial charge is 0.153 e. The van der Waals surface area contributed by atoms with E-state index in [1.165, 1.54) is 6.33 Å². The van der Waals surface area contributed by atoms with Crippen LogP contribution in [0.5, 0.6) is 0 Å². The van der Waals surface area contributed by atoms with Gasteiger partial charge >= 0.3 is 0 Å². The lowest BCUT2D eigenvalue weighted by molar-refractivity contribution is 0.719. The Balaban J connectivity index is 1.86. The number of aromatic nitrogens is 5. The first kappa shape index (κ1) is 17.4. The molecule has 3 heterocycles. The minimum absolute atomic E-state index is 0.147. The lowest BCUT2D eigenvalue weighted by Gasteiger charge is -2.28. The summed E-state index contributed by atoms with van der Waals surface area (Å²) in [5, 5.41) is 14.3. The van der Waals surface area contributed by atoms with Crippen LogP contribution in [0.1, 0.15) is 24.1 Å². The van der Waals surface area contributed by atoms with E-state index in [0.717, 1.165) is 22.5 Å². The maximum atomic E-state index is 9.48. The number of benzene rings is 1. The second-order valence-corrected chi connectivity index (χ2v) is 6.40. The van der Waals surface area contributed by atoms with E-state index in [9.17, 15) is 5.26 Å². The Morgan fingerprint density at radius 3 is 2.71 bits per heavy atom. The van der Waals surface area contributed by atoms with Crippen LogP contribution in [0.4, 0.5) is 11.6 Å². The highest BCUT2D eigenvalue weighted by molar-refractivity contribution is 5.68. The van der Waals surface area contributed by atoms with E-state index in [2.05, 4.69) is 21.0 Å². The molecule has 3 aromatic heterocycles. The zero-order chi connectivity index (χ0) is 19.7. The average Bonchev–Trinajstić information content (AvgIpc) is 3.19. The maximum absolute atomic E-state index is 9.48. The Hall–Kier alpha value is -3.99. The van der Waals surface area contributed by atoms with Crippen LogP contribution in [-0.2, 0) is 0 Å². The summed E-state index contributed by atoms with van der Waals surface area (Å²) in [5.41, 5.74) is 9.67. The molecule has 0 fully saturated rings. The molecule has 4 rings (SSSR count). The van der Waals surface area contributed by atoms with Gasteiger partial charge in [0.05, 0.1) is 11.7 Å². The van der Waals surface area contributed by atoms with Crippen molar-refractivity contribution in [2.24, 2.45) is 0 Å². The summed E-state index contributed by atoms with van der Waals surface area (Å²) in [6.45, 7) is 2.03. The highest BCUT2D eigenvalue weighted by atomic mass is 15.3. The molecule has 0 aliphatic rings. The van der Waals surface area contributed by atoms with Gasteiger partial charge in [-0.05, 0) is 13.0 Å². The first-order valence-electron chi connectivity index (χ1n) is 8.73. The molecule has 138 valence electrons. The minimum atomic E-state index is -0.147. The van der Waals surface area contributed by atoms with Gasteiger partial charge in [0.2, 0.25) is 0 Å². The van der Waals surface area contributed by atoms with E-state index in [1.54, 1.807) is 10.7 Å². The number of hydrogen-bond donors (Lipinski definition) is 1. The fourth-order valence-electron chi connectivity index (χ4n) is 3.16. The largest absolute Gasteiger partial charge is 0.382 e. The highest BCUT2D eigenvalue weighted by Gasteiger charge is 2.23. The first-order chi connectivity index (χ1) is 13.6. The fraction of sp³-hybridized carbons (Fsp3) is 0.150. The third-order valence-electron chi connectivity index (χ3n) is 4.80. The Morgan fingerprint density at radius 2 is 1.96 bits per heavy atom. The highest BCUT2D eigenvalue weighted by Crippen LogP contribution is 2.33. The molecule has 0 amide bonds. The molecular weight excluding hydrogens is 352 g/mol. The van der Waals surface area contributed by atoms with E-state index in [0.29, 0.717) is 5.82 Å². The van der Waals surface area contributed by atoms with Crippen LogP contribution in [0.2, 0.25) is 0 Å². The quantitative estimate of drug-likeness (QED) is 0.588. The number of nitrogens with zero attached hydrogens (tertiary/aromatic N) is 7. The van der Waals surface area contributed by atoms with Crippen molar-refractivity contribution in [3.63, 3.8) is 0 Å². The summed E-state index contributed by atoms with van der Waals surface area (Å²) >= 11 is 0. The number of hydrogen-bond acceptors (Lipinski definition) is 7. The molecule has 4 aromatic rings. The average molecular weight is 370 g/mol. The van der Waals surface area contributed by atoms with Crippen molar-refractivity contribution in [1.82, 2.24) is 24.6 Å². The molecule has 0 bridgehead atoms. The van der Waals surface area contributed by atoms with E-state index in [-0.39, 0.29) is 17.4 Å². The molecule has 0 aliphatic carbocycles. The molecule has 0 unspecified atom stereocenters. The lowest BCUT2D eigenvalue weighted by atomic mass is 10.0. The topological polar surface area (TPSA) is 109 Å². The van der Waals surface area contributed by atoms with Crippen molar-refractivity contribution in [2.45, 2.75) is 13.0 Å². The summed E-state index contributed by atoms with van der Waals surface area (Å²) in [6.07, 6.45) is 4.90. The number of nitrogens with two attached hydrogens (primary N) is 1. The van der Waals surface area contributed by atoms with Crippen LogP contribution in [0.15, 0.2) is 55.1 Å². The van der Waals surface area contributed by atoms with E-state index in [1.807, 2.05) is 61.5 Å². The van der Waals surface area contributed by atoms with Gasteiger partial charge in [-0.2, -0.15) is 10.4 Å². The van der Waals surface area contributed by atoms with Gasteiger partial charge in [0, 0.05) is 30.6 Å². The van der Waals surface area contributed by atoms with Crippen LogP contribution < -0.4 is 10.6 Å². The van der Waals surface area contributed by atoms with Crippen LogP contribution in [0.25, 0.3) is 16.9 Å². The molecule has 0 radical (unpaired) electrons. The van der Waals surface area contributed by atoms with Crippen LogP contribution in [0.3, 0.4) is 0 Å². The summed E-state index contributed by atoms with van der Waals surface area (Å²) < 4.78 is 1.75. The summed E-state index contributed by atoms with van der Waals surface area (Å²) in [4.78, 5) is 14.5. The Bertz CT molecular complexity index is 1180. The van der Waals surface area contributed by atoms with Crippen molar-refractivity contribution < 1.29 is 0 Å². The van der Waals surface area contributed by atoms with E-state index < -0.39 is 0 Å². The van der Waals surface area contributed by atoms with Crippen LogP contribution in [-0.4, -0.2) is 31.6 Å². The zero-order valence-electron chi connectivity index (χ0n) is 15.5. The summed E-state index contributed by atoms with van der Waals surface area (Å²) in [5.74, 6) is 0.640. The van der Waals surface area contributed by atoms with Gasteiger partial charge in [-0.15, -0.1) is 0 Å². The van der Waals surface area contributed by atoms with Crippen molar-refractivity contribution in [3.05, 3.63) is 66.2 Å². The normalized spacial score (nSPS) is 11.9. The molecule has 0 aliphatic heterocycles. The number of nitrogen functional groups attached to an aromatic ring is 1. The third kappa shape index (κ3) is 2.89. The fourth-order valence-corrected chi connectivity index (χ4v) is 3.16. The second kappa shape index (κ2) is 6.96. The maximum Gasteiger partial charge on any atom is 0.153 e. The molecule has 0 saturated carbocycles. The molecule has 0 spiro atoms. The third-order valence-corrected chi connectivity index (χ3v) is 4.80. The molecule has 8 heteroatoms. The lowest BCUT2D eigenvalue weighted by Crippen LogP contribution is -2.25. The number of anilines is 2. The number of rotatable bonds is 4. The molecule has 2 N–H and O–H groups in total. The molecule has 8 nitrogen and oxygen atoms in total. The van der Waals surface area contributed by atoms with Crippen molar-refractivity contribution >= 4 is 17.3 Å². The molecule has 1 aromatic carbocycles. The van der Waals surface area contributed by atoms with Crippen LogP contribution in [0, 0.1) is 11.3 Å². The predicted octanol–water partition coefficient (Wildman–Crippen LogP) is 2.84. The molecular formula is C20H18N8. The second-order valence-electron chi connectivity index (χ2n) is 6.40. The van der Waals surface area contributed by atoms with E-state index in [4.69, 9.17) is 10.8 Å². The number of fused-ring (bicyclic) bond motifs is 1. The van der Waals surface area contributed by atoms with Crippen molar-refractivity contribution in [3.8, 4) is 17.3 Å². The Kier molecular flexibility index (Phi) is 4.33. The zero-order valence-corrected chi connectivity index (χ0v) is 15.5. The van der Waals surface area contributed by atoms with Crippen LogP contribution >= 0.6 is 0 Å². The van der Waals surface area contributed by atoms with Gasteiger partial charge < -0.3 is 10.6 Å². The first-order valence-corrected chi connectivity index (χ1v) is 8.73. The number of nitriles is 1. The standard InChI is InChI=1S/C20H18N8/c1-13(27(2)20-16(11-21)19(22)24-12-25-20)15-10-17-23-8-9-28(17)26-18(15)14-6-4-3-5-7-14/h3-10,12-13H,1-2H3,(H2,22,24,25)/t13-/m0/s1. The molecule has 0 saturated heterocycles. The molecule has 28 heavy (non-hydrogen) atoms. The minimum Gasteiger partial charge on any atom is -0.382 e. The van der Waals surface area contributed by atoms with Gasteiger partial charge in [-0.3, -0.25) is 0 Å². The Labute approximate surface area is 161 Å². The molecule has 1 atom stereocenters. The number of imidazole rings is 1. The van der Waals surface area contributed by atoms with Gasteiger partial charge in [-0.25, -0.2) is 19.5 Å². The monoisotopic (exact) mass is 370 g/mol. The predicted molar refractivity (Wildman–Crippen MR) is 106 cm³/mol. The SMILES string of the molecule is C[C@@H](c1cc2nccn2nc1-c1ccccc1)N(C)c1ncnc(N)c1C#N. The van der Waals surface area contributed by atoms with Gasteiger partial charge in [0.25, 0.3) is 0 Å².